The molecule has 1 saturated heterocycles. The highest BCUT2D eigenvalue weighted by atomic mass is 32.2. The van der Waals surface area contributed by atoms with E-state index in [2.05, 4.69) is 24.0 Å². The van der Waals surface area contributed by atoms with Gasteiger partial charge in [0, 0.05) is 32.1 Å². The van der Waals surface area contributed by atoms with Gasteiger partial charge in [-0.1, -0.05) is 49.7 Å². The predicted octanol–water partition coefficient (Wildman–Crippen LogP) is 5.96. The minimum absolute atomic E-state index is 0.0160. The zero-order chi connectivity index (χ0) is 27.3. The number of piperidine rings is 1. The Morgan fingerprint density at radius 1 is 1.00 bits per heavy atom. The maximum Gasteiger partial charge on any atom is 0.409 e. The Morgan fingerprint density at radius 2 is 1.77 bits per heavy atom. The van der Waals surface area contributed by atoms with Gasteiger partial charge in [-0.05, 0) is 65.8 Å². The number of pyridine rings is 1. The van der Waals surface area contributed by atoms with E-state index in [9.17, 15) is 13.2 Å². The van der Waals surface area contributed by atoms with Crippen molar-refractivity contribution in [2.24, 2.45) is 0 Å². The van der Waals surface area contributed by atoms with Crippen molar-refractivity contribution in [1.82, 2.24) is 9.88 Å². The van der Waals surface area contributed by atoms with E-state index in [0.29, 0.717) is 25.4 Å². The van der Waals surface area contributed by atoms with Crippen LogP contribution in [0.15, 0.2) is 66.9 Å². The molecule has 2 aliphatic heterocycles. The fourth-order valence-electron chi connectivity index (χ4n) is 5.35. The molecule has 2 aromatic carbocycles. The van der Waals surface area contributed by atoms with Gasteiger partial charge in [0.2, 0.25) is 0 Å². The summed E-state index contributed by atoms with van der Waals surface area (Å²) in [6.45, 7) is 3.87. The van der Waals surface area contributed by atoms with Gasteiger partial charge in [-0.2, -0.15) is 0 Å². The molecule has 39 heavy (non-hydrogen) atoms. The Labute approximate surface area is 231 Å². The number of sulfone groups is 1. The van der Waals surface area contributed by atoms with Gasteiger partial charge in [0.15, 0.2) is 9.84 Å². The first-order chi connectivity index (χ1) is 18.8. The van der Waals surface area contributed by atoms with Gasteiger partial charge in [-0.15, -0.1) is 0 Å². The minimum Gasteiger partial charge on any atom is -0.487 e. The summed E-state index contributed by atoms with van der Waals surface area (Å²) in [5, 5.41) is 0. The van der Waals surface area contributed by atoms with Crippen LogP contribution in [0.2, 0.25) is 0 Å². The number of unbranched alkanes of at least 4 members (excludes halogenated alkanes) is 1. The summed E-state index contributed by atoms with van der Waals surface area (Å²) in [7, 11) is -3.31. The van der Waals surface area contributed by atoms with Crippen LogP contribution < -0.4 is 4.74 Å². The third-order valence-corrected chi connectivity index (χ3v) is 9.17. The normalized spacial score (nSPS) is 16.4. The Bertz CT molecular complexity index is 1380. The monoisotopic (exact) mass is 548 g/mol. The van der Waals surface area contributed by atoms with E-state index < -0.39 is 9.84 Å². The van der Waals surface area contributed by atoms with Crippen LogP contribution in [0, 0.1) is 0 Å². The molecule has 0 aliphatic carbocycles. The van der Waals surface area contributed by atoms with E-state index in [0.717, 1.165) is 61.0 Å². The third kappa shape index (κ3) is 6.79. The number of hydrogen-bond donors (Lipinski definition) is 0. The molecular formula is C31H36N2O5S. The van der Waals surface area contributed by atoms with Gasteiger partial charge in [0.05, 0.1) is 23.8 Å². The summed E-state index contributed by atoms with van der Waals surface area (Å²) in [5.74, 6) is 0.835. The second-order valence-corrected chi connectivity index (χ2v) is 12.7. The first-order valence-corrected chi connectivity index (χ1v) is 15.6. The lowest BCUT2D eigenvalue weighted by atomic mass is 9.82. The maximum atomic E-state index is 12.6. The van der Waals surface area contributed by atoms with Crippen LogP contribution >= 0.6 is 0 Å². The van der Waals surface area contributed by atoms with E-state index in [1.807, 2.05) is 30.3 Å². The van der Waals surface area contributed by atoms with Crippen LogP contribution in [0.3, 0.4) is 0 Å². The summed E-state index contributed by atoms with van der Waals surface area (Å²) in [6.07, 6.45) is 6.76. The zero-order valence-corrected chi connectivity index (χ0v) is 23.3. The van der Waals surface area contributed by atoms with E-state index in [-0.39, 0.29) is 23.2 Å². The average molecular weight is 549 g/mol. The second kappa shape index (κ2) is 11.8. The molecule has 7 nitrogen and oxygen atoms in total. The average Bonchev–Trinajstić information content (AvgIpc) is 2.94. The van der Waals surface area contributed by atoms with Gasteiger partial charge in [0.25, 0.3) is 0 Å². The molecule has 2 aliphatic rings. The topological polar surface area (TPSA) is 85.8 Å². The Morgan fingerprint density at radius 3 is 2.49 bits per heavy atom. The van der Waals surface area contributed by atoms with Gasteiger partial charge < -0.3 is 14.4 Å². The standard InChI is InChI=1S/C31H36N2O5S/c1-2-3-20-37-30(34)33-18-15-31(16-19-33)14-13-27-21-26(11-12-29(27)38-31)25-9-7-24(8-10-25)22-39(35,36)23-28-6-4-5-17-32-28/h4-12,17,21H,2-3,13-16,18-20,22-23H2,1H3. The number of ether oxygens (including phenoxy) is 2. The highest BCUT2D eigenvalue weighted by molar-refractivity contribution is 7.89. The van der Waals surface area contributed by atoms with Crippen molar-refractivity contribution in [2.45, 2.75) is 62.6 Å². The van der Waals surface area contributed by atoms with Crippen LogP contribution in [-0.4, -0.2) is 49.7 Å². The van der Waals surface area contributed by atoms with Crippen molar-refractivity contribution in [1.29, 1.82) is 0 Å². The van der Waals surface area contributed by atoms with E-state index in [4.69, 9.17) is 9.47 Å². The van der Waals surface area contributed by atoms with E-state index >= 15 is 0 Å². The minimum atomic E-state index is -3.31. The number of likely N-dealkylation sites (tertiary alicyclic amines) is 1. The number of aryl methyl sites for hydroxylation is 1. The predicted molar refractivity (Wildman–Crippen MR) is 151 cm³/mol. The highest BCUT2D eigenvalue weighted by Crippen LogP contribution is 2.41. The molecule has 0 bridgehead atoms. The lowest BCUT2D eigenvalue weighted by Gasteiger charge is -2.44. The van der Waals surface area contributed by atoms with Crippen molar-refractivity contribution >= 4 is 15.9 Å². The lowest BCUT2D eigenvalue weighted by molar-refractivity contribution is -0.0143. The second-order valence-electron chi connectivity index (χ2n) is 10.6. The molecule has 1 spiro atoms. The number of rotatable bonds is 8. The molecular weight excluding hydrogens is 512 g/mol. The Hall–Kier alpha value is -3.39. The lowest BCUT2D eigenvalue weighted by Crippen LogP contribution is -2.51. The number of benzene rings is 2. The first kappa shape index (κ1) is 27.2. The number of fused-ring (bicyclic) bond motifs is 1. The van der Waals surface area contributed by atoms with Gasteiger partial charge >= 0.3 is 6.09 Å². The molecule has 3 heterocycles. The van der Waals surface area contributed by atoms with Crippen molar-refractivity contribution in [2.75, 3.05) is 19.7 Å². The molecule has 0 atom stereocenters. The quantitative estimate of drug-likeness (QED) is 0.323. The molecule has 0 saturated carbocycles. The molecule has 0 N–H and O–H groups in total. The largest absolute Gasteiger partial charge is 0.487 e. The molecule has 8 heteroatoms. The van der Waals surface area contributed by atoms with Crippen molar-refractivity contribution in [3.63, 3.8) is 0 Å². The van der Waals surface area contributed by atoms with Crippen LogP contribution in [0.5, 0.6) is 5.75 Å². The van der Waals surface area contributed by atoms with Crippen LogP contribution in [0.1, 0.15) is 55.8 Å². The van der Waals surface area contributed by atoms with Crippen LogP contribution in [-0.2, 0) is 32.5 Å². The van der Waals surface area contributed by atoms with Gasteiger partial charge in [-0.25, -0.2) is 13.2 Å². The fourth-order valence-corrected chi connectivity index (χ4v) is 6.78. The highest BCUT2D eigenvalue weighted by Gasteiger charge is 2.40. The van der Waals surface area contributed by atoms with Crippen molar-refractivity contribution in [3.8, 4) is 16.9 Å². The van der Waals surface area contributed by atoms with E-state index in [1.54, 1.807) is 29.3 Å². The summed E-state index contributed by atoms with van der Waals surface area (Å²) in [4.78, 5) is 18.2. The zero-order valence-electron chi connectivity index (χ0n) is 22.5. The Kier molecular flexibility index (Phi) is 8.21. The third-order valence-electron chi connectivity index (χ3n) is 7.66. The molecule has 0 radical (unpaired) electrons. The maximum absolute atomic E-state index is 12.6. The van der Waals surface area contributed by atoms with Crippen LogP contribution in [0.25, 0.3) is 11.1 Å². The first-order valence-electron chi connectivity index (χ1n) is 13.8. The summed E-state index contributed by atoms with van der Waals surface area (Å²) in [5.41, 5.74) is 4.40. The number of carbonyl (C=O) groups excluding carboxylic acids is 1. The van der Waals surface area contributed by atoms with Crippen molar-refractivity contribution < 1.29 is 22.7 Å². The number of carbonyl (C=O) groups is 1. The molecule has 5 rings (SSSR count). The summed E-state index contributed by atoms with van der Waals surface area (Å²) >= 11 is 0. The number of aromatic nitrogens is 1. The Balaban J connectivity index is 1.19. The SMILES string of the molecule is CCCCOC(=O)N1CCC2(CCc3cc(-c4ccc(CS(=O)(=O)Cc5ccccn5)cc4)ccc3O2)CC1. The smallest absolute Gasteiger partial charge is 0.409 e. The summed E-state index contributed by atoms with van der Waals surface area (Å²) in [6, 6.07) is 19.3. The molecule has 1 amide bonds. The molecule has 3 aromatic rings. The number of amides is 1. The summed E-state index contributed by atoms with van der Waals surface area (Å²) < 4.78 is 37.2. The molecule has 1 fully saturated rings. The molecule has 1 aromatic heterocycles. The fraction of sp³-hybridized carbons (Fsp3) is 0.419. The van der Waals surface area contributed by atoms with E-state index in [1.165, 1.54) is 5.56 Å². The number of nitrogens with zero attached hydrogens (tertiary/aromatic N) is 2. The van der Waals surface area contributed by atoms with Crippen LogP contribution in [0.4, 0.5) is 4.79 Å². The van der Waals surface area contributed by atoms with Crippen molar-refractivity contribution in [3.05, 3.63) is 83.7 Å². The number of hydrogen-bond acceptors (Lipinski definition) is 6. The molecule has 206 valence electrons. The van der Waals surface area contributed by atoms with Gasteiger partial charge in [-0.3, -0.25) is 4.98 Å². The van der Waals surface area contributed by atoms with Gasteiger partial charge in [0.1, 0.15) is 11.4 Å². The molecule has 0 unspecified atom stereocenters.